The number of aromatic nitrogens is 2. The van der Waals surface area contributed by atoms with Gasteiger partial charge in [-0.25, -0.2) is 0 Å². The lowest BCUT2D eigenvalue weighted by Crippen LogP contribution is -2.43. The average molecular weight is 354 g/mol. The summed E-state index contributed by atoms with van der Waals surface area (Å²) in [7, 11) is 0. The Balaban J connectivity index is 1.35. The fourth-order valence-electron chi connectivity index (χ4n) is 3.91. The number of hydrogen-bond acceptors (Lipinski definition) is 5. The number of hydrogen-bond donors (Lipinski definition) is 0. The van der Waals surface area contributed by atoms with Crippen molar-refractivity contribution in [1.29, 1.82) is 0 Å². The minimum absolute atomic E-state index is 0.140. The van der Waals surface area contributed by atoms with Crippen molar-refractivity contribution < 1.29 is 9.21 Å². The largest absolute Gasteiger partial charge is 0.403 e. The average Bonchev–Trinajstić information content (AvgIpc) is 3.04. The third-order valence-corrected chi connectivity index (χ3v) is 5.47. The van der Waals surface area contributed by atoms with Gasteiger partial charge in [0.1, 0.15) is 0 Å². The SMILES string of the molecule is O=C(C1CCN(c2nnc(-c3ccccc3)o2)CC1)N1CCCCCC1. The number of piperidine rings is 1. The molecule has 0 unspecified atom stereocenters. The minimum atomic E-state index is 0.140. The van der Waals surface area contributed by atoms with Crippen molar-refractivity contribution in [2.45, 2.75) is 38.5 Å². The molecule has 2 aliphatic heterocycles. The molecule has 2 aromatic rings. The zero-order valence-corrected chi connectivity index (χ0v) is 15.1. The van der Waals surface area contributed by atoms with Crippen LogP contribution in [0.1, 0.15) is 38.5 Å². The normalized spacial score (nSPS) is 19.4. The van der Waals surface area contributed by atoms with Crippen LogP contribution >= 0.6 is 0 Å². The fraction of sp³-hybridized carbons (Fsp3) is 0.550. The quantitative estimate of drug-likeness (QED) is 0.846. The first-order valence-electron chi connectivity index (χ1n) is 9.74. The third kappa shape index (κ3) is 3.74. The molecule has 0 radical (unpaired) electrons. The van der Waals surface area contributed by atoms with Crippen LogP contribution in [0.5, 0.6) is 0 Å². The summed E-state index contributed by atoms with van der Waals surface area (Å²) in [5, 5.41) is 8.37. The van der Waals surface area contributed by atoms with E-state index in [0.29, 0.717) is 17.8 Å². The van der Waals surface area contributed by atoms with Gasteiger partial charge in [-0.3, -0.25) is 4.79 Å². The summed E-state index contributed by atoms with van der Waals surface area (Å²) < 4.78 is 5.85. The Morgan fingerprint density at radius 3 is 2.31 bits per heavy atom. The number of carbonyl (C=O) groups is 1. The molecule has 3 heterocycles. The van der Waals surface area contributed by atoms with Crippen molar-refractivity contribution in [1.82, 2.24) is 15.1 Å². The maximum Gasteiger partial charge on any atom is 0.318 e. The molecule has 0 atom stereocenters. The highest BCUT2D eigenvalue weighted by Gasteiger charge is 2.30. The summed E-state index contributed by atoms with van der Waals surface area (Å²) in [5.74, 6) is 1.03. The highest BCUT2D eigenvalue weighted by molar-refractivity contribution is 5.79. The summed E-state index contributed by atoms with van der Waals surface area (Å²) in [6.07, 6.45) is 6.52. The van der Waals surface area contributed by atoms with Crippen LogP contribution in [-0.4, -0.2) is 47.2 Å². The monoisotopic (exact) mass is 354 g/mol. The molecule has 1 aromatic carbocycles. The molecule has 2 aliphatic rings. The molecule has 0 saturated carbocycles. The van der Waals surface area contributed by atoms with E-state index in [0.717, 1.165) is 57.4 Å². The van der Waals surface area contributed by atoms with Gasteiger partial charge in [-0.2, -0.15) is 0 Å². The maximum absolute atomic E-state index is 12.8. The van der Waals surface area contributed by atoms with E-state index in [1.54, 1.807) is 0 Å². The number of anilines is 1. The van der Waals surface area contributed by atoms with Gasteiger partial charge in [0.25, 0.3) is 0 Å². The van der Waals surface area contributed by atoms with Crippen LogP contribution in [0.2, 0.25) is 0 Å². The van der Waals surface area contributed by atoms with Crippen LogP contribution in [0, 0.1) is 5.92 Å². The van der Waals surface area contributed by atoms with E-state index in [2.05, 4.69) is 20.0 Å². The zero-order valence-electron chi connectivity index (χ0n) is 15.1. The van der Waals surface area contributed by atoms with Gasteiger partial charge in [0.15, 0.2) is 0 Å². The van der Waals surface area contributed by atoms with Crippen molar-refractivity contribution in [3.05, 3.63) is 30.3 Å². The summed E-state index contributed by atoms with van der Waals surface area (Å²) in [4.78, 5) is 17.0. The molecule has 0 N–H and O–H groups in total. The Hall–Kier alpha value is -2.37. The Bertz CT molecular complexity index is 714. The lowest BCUT2D eigenvalue weighted by atomic mass is 9.95. The maximum atomic E-state index is 12.8. The highest BCUT2D eigenvalue weighted by atomic mass is 16.4. The van der Waals surface area contributed by atoms with Crippen LogP contribution in [0.3, 0.4) is 0 Å². The standard InChI is InChI=1S/C20H26N4O2/c25-19(23-12-6-1-2-7-13-23)17-10-14-24(15-11-17)20-22-21-18(26-20)16-8-4-3-5-9-16/h3-5,8-9,17H,1-2,6-7,10-15H2. The number of carbonyl (C=O) groups excluding carboxylic acids is 1. The first-order chi connectivity index (χ1) is 12.8. The van der Waals surface area contributed by atoms with Gasteiger partial charge in [-0.1, -0.05) is 36.1 Å². The number of likely N-dealkylation sites (tertiary alicyclic amines) is 1. The van der Waals surface area contributed by atoms with E-state index in [9.17, 15) is 4.79 Å². The van der Waals surface area contributed by atoms with E-state index in [1.807, 2.05) is 30.3 Å². The molecule has 4 rings (SSSR count). The van der Waals surface area contributed by atoms with Crippen LogP contribution in [-0.2, 0) is 4.79 Å². The van der Waals surface area contributed by atoms with E-state index >= 15 is 0 Å². The van der Waals surface area contributed by atoms with Crippen molar-refractivity contribution in [3.8, 4) is 11.5 Å². The summed E-state index contributed by atoms with van der Waals surface area (Å²) in [6, 6.07) is 10.4. The molecular formula is C20H26N4O2. The van der Waals surface area contributed by atoms with Crippen LogP contribution < -0.4 is 4.90 Å². The molecule has 2 saturated heterocycles. The second-order valence-corrected chi connectivity index (χ2v) is 7.26. The molecule has 0 aliphatic carbocycles. The Morgan fingerprint density at radius 2 is 1.62 bits per heavy atom. The van der Waals surface area contributed by atoms with Gasteiger partial charge < -0.3 is 14.2 Å². The molecule has 6 heteroatoms. The van der Waals surface area contributed by atoms with Crippen LogP contribution in [0.25, 0.3) is 11.5 Å². The van der Waals surface area contributed by atoms with Gasteiger partial charge >= 0.3 is 6.01 Å². The van der Waals surface area contributed by atoms with Gasteiger partial charge in [0.2, 0.25) is 11.8 Å². The molecule has 6 nitrogen and oxygen atoms in total. The zero-order chi connectivity index (χ0) is 17.8. The summed E-state index contributed by atoms with van der Waals surface area (Å²) in [5.41, 5.74) is 0.928. The molecule has 26 heavy (non-hydrogen) atoms. The number of rotatable bonds is 3. The highest BCUT2D eigenvalue weighted by Crippen LogP contribution is 2.27. The molecule has 138 valence electrons. The predicted octanol–water partition coefficient (Wildman–Crippen LogP) is 3.36. The first-order valence-corrected chi connectivity index (χ1v) is 9.74. The number of nitrogens with zero attached hydrogens (tertiary/aromatic N) is 4. The van der Waals surface area contributed by atoms with Crippen molar-refractivity contribution >= 4 is 11.9 Å². The number of amides is 1. The predicted molar refractivity (Wildman–Crippen MR) is 99.7 cm³/mol. The van der Waals surface area contributed by atoms with Gasteiger partial charge in [0, 0.05) is 37.7 Å². The molecule has 1 aromatic heterocycles. The second-order valence-electron chi connectivity index (χ2n) is 7.26. The lowest BCUT2D eigenvalue weighted by Gasteiger charge is -2.33. The Labute approximate surface area is 154 Å². The molecule has 0 spiro atoms. The van der Waals surface area contributed by atoms with E-state index in [-0.39, 0.29) is 5.92 Å². The van der Waals surface area contributed by atoms with E-state index in [1.165, 1.54) is 12.8 Å². The third-order valence-electron chi connectivity index (χ3n) is 5.47. The topological polar surface area (TPSA) is 62.5 Å². The Morgan fingerprint density at radius 1 is 0.923 bits per heavy atom. The molecule has 1 amide bonds. The van der Waals surface area contributed by atoms with Crippen LogP contribution in [0.15, 0.2) is 34.7 Å². The Kier molecular flexibility index (Phi) is 5.18. The minimum Gasteiger partial charge on any atom is -0.403 e. The summed E-state index contributed by atoms with van der Waals surface area (Å²) >= 11 is 0. The van der Waals surface area contributed by atoms with Crippen molar-refractivity contribution in [2.24, 2.45) is 5.92 Å². The molecule has 2 fully saturated rings. The number of benzene rings is 1. The van der Waals surface area contributed by atoms with Gasteiger partial charge in [-0.05, 0) is 37.8 Å². The molecular weight excluding hydrogens is 328 g/mol. The first kappa shape index (κ1) is 17.1. The summed E-state index contributed by atoms with van der Waals surface area (Å²) in [6.45, 7) is 3.45. The smallest absolute Gasteiger partial charge is 0.318 e. The van der Waals surface area contributed by atoms with Crippen molar-refractivity contribution in [2.75, 3.05) is 31.1 Å². The van der Waals surface area contributed by atoms with Gasteiger partial charge in [0.05, 0.1) is 0 Å². The van der Waals surface area contributed by atoms with E-state index < -0.39 is 0 Å². The lowest BCUT2D eigenvalue weighted by molar-refractivity contribution is -0.136. The second kappa shape index (κ2) is 7.89. The van der Waals surface area contributed by atoms with Crippen molar-refractivity contribution in [3.63, 3.8) is 0 Å². The molecule has 0 bridgehead atoms. The van der Waals surface area contributed by atoms with E-state index in [4.69, 9.17) is 4.42 Å². The van der Waals surface area contributed by atoms with Crippen LogP contribution in [0.4, 0.5) is 6.01 Å². The van der Waals surface area contributed by atoms with Gasteiger partial charge in [-0.15, -0.1) is 5.10 Å². The fourth-order valence-corrected chi connectivity index (χ4v) is 3.91.